The first-order valence-corrected chi connectivity index (χ1v) is 6.89. The third-order valence-corrected chi connectivity index (χ3v) is 3.51. The van der Waals surface area contributed by atoms with Gasteiger partial charge < -0.3 is 9.88 Å². The zero-order valence-electron chi connectivity index (χ0n) is 10.9. The van der Waals surface area contributed by atoms with Crippen molar-refractivity contribution in [2.75, 3.05) is 5.32 Å². The molecule has 2 rings (SSSR count). The lowest BCUT2D eigenvalue weighted by atomic mass is 10.2. The van der Waals surface area contributed by atoms with E-state index in [9.17, 15) is 13.2 Å². The lowest BCUT2D eigenvalue weighted by Crippen LogP contribution is -2.18. The number of nitrogens with one attached hydrogen (secondary N) is 1. The lowest BCUT2D eigenvalue weighted by molar-refractivity contribution is -0.135. The number of nitrogens with zero attached hydrogens (tertiary/aromatic N) is 2. The van der Waals surface area contributed by atoms with Gasteiger partial charge in [-0.25, -0.2) is 4.98 Å². The van der Waals surface area contributed by atoms with E-state index in [1.165, 1.54) is 12.8 Å². The minimum atomic E-state index is -4.04. The number of alkyl halides is 3. The van der Waals surface area contributed by atoms with Crippen molar-refractivity contribution >= 4 is 5.95 Å². The summed E-state index contributed by atoms with van der Waals surface area (Å²) >= 11 is 0. The first-order chi connectivity index (χ1) is 9.04. The van der Waals surface area contributed by atoms with E-state index in [0.29, 0.717) is 19.0 Å². The van der Waals surface area contributed by atoms with E-state index in [-0.39, 0.29) is 6.42 Å². The molecule has 0 aliphatic heterocycles. The van der Waals surface area contributed by atoms with Gasteiger partial charge in [0.2, 0.25) is 5.95 Å². The second-order valence-electron chi connectivity index (χ2n) is 5.14. The molecule has 3 nitrogen and oxygen atoms in total. The van der Waals surface area contributed by atoms with Gasteiger partial charge in [0.25, 0.3) is 0 Å². The maximum atomic E-state index is 12.0. The van der Waals surface area contributed by atoms with Gasteiger partial charge in [0, 0.05) is 31.4 Å². The summed E-state index contributed by atoms with van der Waals surface area (Å²) in [6.45, 7) is 0.588. The molecule has 0 aromatic carbocycles. The van der Waals surface area contributed by atoms with Crippen molar-refractivity contribution in [3.8, 4) is 0 Å². The Labute approximate surface area is 111 Å². The number of aromatic nitrogens is 2. The Bertz CT molecular complexity index is 381. The Morgan fingerprint density at radius 1 is 1.26 bits per heavy atom. The molecule has 1 N–H and O–H groups in total. The molecule has 0 saturated heterocycles. The van der Waals surface area contributed by atoms with Crippen molar-refractivity contribution in [1.82, 2.24) is 9.55 Å². The highest BCUT2D eigenvalue weighted by atomic mass is 19.4. The van der Waals surface area contributed by atoms with E-state index in [1.807, 2.05) is 10.8 Å². The topological polar surface area (TPSA) is 29.9 Å². The third-order valence-electron chi connectivity index (χ3n) is 3.51. The van der Waals surface area contributed by atoms with Crippen molar-refractivity contribution in [3.05, 3.63) is 12.4 Å². The Morgan fingerprint density at radius 3 is 2.68 bits per heavy atom. The van der Waals surface area contributed by atoms with E-state index < -0.39 is 12.6 Å². The zero-order valence-corrected chi connectivity index (χ0v) is 10.9. The normalized spacial score (nSPS) is 17.0. The molecule has 19 heavy (non-hydrogen) atoms. The molecular formula is C13H20F3N3. The molecule has 0 unspecified atom stereocenters. The van der Waals surface area contributed by atoms with Gasteiger partial charge in [-0.3, -0.25) is 0 Å². The summed E-state index contributed by atoms with van der Waals surface area (Å²) in [4.78, 5) is 4.24. The van der Waals surface area contributed by atoms with Crippen LogP contribution in [0.25, 0.3) is 0 Å². The highest BCUT2D eigenvalue weighted by molar-refractivity contribution is 5.27. The number of rotatable bonds is 6. The van der Waals surface area contributed by atoms with E-state index in [4.69, 9.17) is 0 Å². The molecule has 1 aromatic rings. The Balaban J connectivity index is 1.75. The fourth-order valence-electron chi connectivity index (χ4n) is 2.49. The van der Waals surface area contributed by atoms with Gasteiger partial charge in [-0.2, -0.15) is 13.2 Å². The zero-order chi connectivity index (χ0) is 13.7. The molecule has 1 heterocycles. The van der Waals surface area contributed by atoms with Crippen LogP contribution >= 0.6 is 0 Å². The van der Waals surface area contributed by atoms with Crippen LogP contribution in [0.5, 0.6) is 0 Å². The molecule has 6 heteroatoms. The second-order valence-corrected chi connectivity index (χ2v) is 5.14. The summed E-state index contributed by atoms with van der Waals surface area (Å²) in [5, 5.41) is 3.38. The molecule has 1 aliphatic carbocycles. The van der Waals surface area contributed by atoms with E-state index in [0.717, 1.165) is 18.8 Å². The first-order valence-electron chi connectivity index (χ1n) is 6.89. The number of hydrogen-bond acceptors (Lipinski definition) is 2. The minimum absolute atomic E-state index is 0.171. The standard InChI is InChI=1S/C13H20F3N3/c14-13(15,16)7-3-4-9-19-10-8-17-12(19)18-11-5-1-2-6-11/h8,10-11H,1-7,9H2,(H,17,18). The van der Waals surface area contributed by atoms with Crippen LogP contribution in [-0.2, 0) is 6.54 Å². The van der Waals surface area contributed by atoms with E-state index >= 15 is 0 Å². The summed E-state index contributed by atoms with van der Waals surface area (Å²) in [5.74, 6) is 0.791. The van der Waals surface area contributed by atoms with Crippen molar-refractivity contribution in [2.45, 2.75) is 63.7 Å². The summed E-state index contributed by atoms with van der Waals surface area (Å²) < 4.78 is 38.0. The molecular weight excluding hydrogens is 255 g/mol. The number of unbranched alkanes of at least 4 members (excludes halogenated alkanes) is 1. The van der Waals surface area contributed by atoms with Crippen LogP contribution in [0.2, 0.25) is 0 Å². The van der Waals surface area contributed by atoms with Crippen LogP contribution in [0.4, 0.5) is 19.1 Å². The highest BCUT2D eigenvalue weighted by Gasteiger charge is 2.25. The van der Waals surface area contributed by atoms with E-state index in [1.54, 1.807) is 6.20 Å². The Kier molecular flexibility index (Phi) is 4.71. The highest BCUT2D eigenvalue weighted by Crippen LogP contribution is 2.23. The predicted octanol–water partition coefficient (Wildman–Crippen LogP) is 3.97. The maximum absolute atomic E-state index is 12.0. The summed E-state index contributed by atoms with van der Waals surface area (Å²) in [6, 6.07) is 0.469. The average molecular weight is 275 g/mol. The molecule has 0 spiro atoms. The van der Waals surface area contributed by atoms with Crippen LogP contribution in [0, 0.1) is 0 Å². The quantitative estimate of drug-likeness (QED) is 0.796. The fourth-order valence-corrected chi connectivity index (χ4v) is 2.49. The number of anilines is 1. The van der Waals surface area contributed by atoms with Gasteiger partial charge in [-0.05, 0) is 25.7 Å². The molecule has 1 aliphatic rings. The van der Waals surface area contributed by atoms with Crippen LogP contribution < -0.4 is 5.32 Å². The molecule has 0 atom stereocenters. The van der Waals surface area contributed by atoms with Gasteiger partial charge in [-0.1, -0.05) is 12.8 Å². The fraction of sp³-hybridized carbons (Fsp3) is 0.769. The molecule has 0 amide bonds. The van der Waals surface area contributed by atoms with Crippen molar-refractivity contribution in [1.29, 1.82) is 0 Å². The monoisotopic (exact) mass is 275 g/mol. The van der Waals surface area contributed by atoms with Gasteiger partial charge in [0.15, 0.2) is 0 Å². The average Bonchev–Trinajstić information content (AvgIpc) is 2.96. The summed E-state index contributed by atoms with van der Waals surface area (Å²) in [7, 11) is 0. The number of aryl methyl sites for hydroxylation is 1. The predicted molar refractivity (Wildman–Crippen MR) is 68.0 cm³/mol. The second kappa shape index (κ2) is 6.30. The summed E-state index contributed by atoms with van der Waals surface area (Å²) in [5.41, 5.74) is 0. The molecule has 1 fully saturated rings. The third kappa shape index (κ3) is 4.76. The van der Waals surface area contributed by atoms with Crippen molar-refractivity contribution in [2.24, 2.45) is 0 Å². The molecule has 0 radical (unpaired) electrons. The number of halogens is 3. The summed E-state index contributed by atoms with van der Waals surface area (Å²) in [6.07, 6.45) is 4.26. The molecule has 1 saturated carbocycles. The molecule has 0 bridgehead atoms. The van der Waals surface area contributed by atoms with Gasteiger partial charge >= 0.3 is 6.18 Å². The minimum Gasteiger partial charge on any atom is -0.353 e. The van der Waals surface area contributed by atoms with Crippen LogP contribution in [0.3, 0.4) is 0 Å². The van der Waals surface area contributed by atoms with Crippen LogP contribution in [0.1, 0.15) is 44.9 Å². The molecule has 108 valence electrons. The van der Waals surface area contributed by atoms with Crippen LogP contribution in [-0.4, -0.2) is 21.8 Å². The van der Waals surface area contributed by atoms with Crippen molar-refractivity contribution < 1.29 is 13.2 Å². The number of imidazole rings is 1. The Morgan fingerprint density at radius 2 is 2.00 bits per heavy atom. The van der Waals surface area contributed by atoms with Gasteiger partial charge in [-0.15, -0.1) is 0 Å². The molecule has 1 aromatic heterocycles. The first kappa shape index (κ1) is 14.2. The van der Waals surface area contributed by atoms with E-state index in [2.05, 4.69) is 10.3 Å². The lowest BCUT2D eigenvalue weighted by Gasteiger charge is -2.14. The Hall–Kier alpha value is -1.20. The number of hydrogen-bond donors (Lipinski definition) is 1. The van der Waals surface area contributed by atoms with Crippen LogP contribution in [0.15, 0.2) is 12.4 Å². The van der Waals surface area contributed by atoms with Gasteiger partial charge in [0.1, 0.15) is 0 Å². The van der Waals surface area contributed by atoms with Crippen molar-refractivity contribution in [3.63, 3.8) is 0 Å². The smallest absolute Gasteiger partial charge is 0.353 e. The SMILES string of the molecule is FC(F)(F)CCCCn1ccnc1NC1CCCC1. The largest absolute Gasteiger partial charge is 0.389 e. The maximum Gasteiger partial charge on any atom is 0.389 e. The van der Waals surface area contributed by atoms with Gasteiger partial charge in [0.05, 0.1) is 0 Å².